The Morgan fingerprint density at radius 1 is 0.767 bits per heavy atom. The molecule has 3 saturated carbocycles. The minimum absolute atomic E-state index is 0.00106. The molecule has 1 aliphatic heterocycles. The highest BCUT2D eigenvalue weighted by atomic mass is 16.5. The van der Waals surface area contributed by atoms with Crippen molar-refractivity contribution in [2.45, 2.75) is 114 Å². The van der Waals surface area contributed by atoms with Crippen LogP contribution in [0.3, 0.4) is 0 Å². The second kappa shape index (κ2) is 10.9. The Labute approximate surface area is 181 Å². The van der Waals surface area contributed by atoms with Crippen LogP contribution >= 0.6 is 0 Å². The molecule has 1 heterocycles. The molecule has 3 unspecified atom stereocenters. The first-order valence-corrected chi connectivity index (χ1v) is 12.5. The number of amides is 2. The van der Waals surface area contributed by atoms with E-state index in [1.54, 1.807) is 0 Å². The lowest BCUT2D eigenvalue weighted by Gasteiger charge is -2.34. The second-order valence-corrected chi connectivity index (χ2v) is 9.94. The summed E-state index contributed by atoms with van der Waals surface area (Å²) in [7, 11) is 0. The molecule has 30 heavy (non-hydrogen) atoms. The molecule has 170 valence electrons. The largest absolute Gasteiger partial charge is 0.376 e. The third-order valence-electron chi connectivity index (χ3n) is 7.72. The molecule has 4 rings (SSSR count). The second-order valence-electron chi connectivity index (χ2n) is 9.94. The summed E-state index contributed by atoms with van der Waals surface area (Å²) in [6.07, 6.45) is 15.1. The van der Waals surface area contributed by atoms with Crippen molar-refractivity contribution in [2.75, 3.05) is 13.2 Å². The summed E-state index contributed by atoms with van der Waals surface area (Å²) in [6, 6.07) is 0.349. The molecule has 4 aliphatic rings. The zero-order chi connectivity index (χ0) is 20.8. The molecule has 0 aromatic carbocycles. The lowest BCUT2D eigenvalue weighted by molar-refractivity contribution is -0.131. The number of nitrogens with one attached hydrogen (secondary N) is 2. The molecule has 2 amide bonds. The fraction of sp³-hybridized carbons (Fsp3) is 0.917. The molecule has 0 aromatic heterocycles. The van der Waals surface area contributed by atoms with Crippen LogP contribution in [-0.4, -0.2) is 49.3 Å². The van der Waals surface area contributed by atoms with Gasteiger partial charge in [0.2, 0.25) is 11.8 Å². The monoisotopic (exact) mass is 420 g/mol. The summed E-state index contributed by atoms with van der Waals surface area (Å²) < 4.78 is 11.7. The fourth-order valence-electron chi connectivity index (χ4n) is 5.81. The van der Waals surface area contributed by atoms with Gasteiger partial charge < -0.3 is 20.1 Å². The number of carbonyl (C=O) groups is 2. The average Bonchev–Trinajstić information content (AvgIpc) is 3.47. The Kier molecular flexibility index (Phi) is 8.05. The minimum Gasteiger partial charge on any atom is -0.376 e. The SMILES string of the molecule is O=C(NC1CCCCC1C(=O)NC1CCCC1)C1CCC(OCC2CCCO2)CC1. The molecule has 3 atom stereocenters. The molecule has 0 spiro atoms. The molecular formula is C24H40N2O4. The third kappa shape index (κ3) is 5.97. The van der Waals surface area contributed by atoms with E-state index in [2.05, 4.69) is 10.6 Å². The normalized spacial score (nSPS) is 35.3. The van der Waals surface area contributed by atoms with E-state index in [0.29, 0.717) is 12.6 Å². The van der Waals surface area contributed by atoms with Crippen LogP contribution < -0.4 is 10.6 Å². The van der Waals surface area contributed by atoms with Gasteiger partial charge in [-0.25, -0.2) is 0 Å². The van der Waals surface area contributed by atoms with Crippen molar-refractivity contribution in [2.24, 2.45) is 11.8 Å². The van der Waals surface area contributed by atoms with E-state index in [0.717, 1.165) is 83.7 Å². The van der Waals surface area contributed by atoms with Gasteiger partial charge in [0.1, 0.15) is 0 Å². The zero-order valence-electron chi connectivity index (χ0n) is 18.4. The van der Waals surface area contributed by atoms with Crippen LogP contribution in [0.4, 0.5) is 0 Å². The van der Waals surface area contributed by atoms with Crippen molar-refractivity contribution in [3.8, 4) is 0 Å². The van der Waals surface area contributed by atoms with Crippen molar-refractivity contribution in [3.05, 3.63) is 0 Å². The predicted octanol–water partition coefficient (Wildman–Crippen LogP) is 3.47. The predicted molar refractivity (Wildman–Crippen MR) is 115 cm³/mol. The zero-order valence-corrected chi connectivity index (χ0v) is 18.4. The smallest absolute Gasteiger partial charge is 0.225 e. The highest BCUT2D eigenvalue weighted by molar-refractivity contribution is 5.83. The van der Waals surface area contributed by atoms with Crippen LogP contribution in [0.5, 0.6) is 0 Å². The molecule has 0 bridgehead atoms. The standard InChI is InChI=1S/C24H40N2O4/c27-23(17-11-13-19(14-12-17)30-16-20-8-5-15-29-20)26-22-10-4-3-9-21(22)24(28)25-18-6-1-2-7-18/h17-22H,1-16H2,(H,25,28)(H,26,27). The Bertz CT molecular complexity index is 564. The van der Waals surface area contributed by atoms with Gasteiger partial charge in [0.25, 0.3) is 0 Å². The van der Waals surface area contributed by atoms with Crippen LogP contribution in [0.2, 0.25) is 0 Å². The first kappa shape index (κ1) is 22.1. The number of hydrogen-bond acceptors (Lipinski definition) is 4. The first-order valence-electron chi connectivity index (χ1n) is 12.5. The summed E-state index contributed by atoms with van der Waals surface area (Å²) >= 11 is 0. The number of rotatable bonds is 7. The number of hydrogen-bond donors (Lipinski definition) is 2. The third-order valence-corrected chi connectivity index (χ3v) is 7.72. The summed E-state index contributed by atoms with van der Waals surface area (Å²) in [5.41, 5.74) is 0. The Hall–Kier alpha value is -1.14. The molecule has 0 radical (unpaired) electrons. The summed E-state index contributed by atoms with van der Waals surface area (Å²) in [5.74, 6) is 0.318. The van der Waals surface area contributed by atoms with Crippen molar-refractivity contribution in [1.29, 1.82) is 0 Å². The molecule has 4 fully saturated rings. The Morgan fingerprint density at radius 3 is 2.23 bits per heavy atom. The van der Waals surface area contributed by atoms with Gasteiger partial charge >= 0.3 is 0 Å². The van der Waals surface area contributed by atoms with Crippen LogP contribution in [0, 0.1) is 11.8 Å². The van der Waals surface area contributed by atoms with Gasteiger partial charge in [-0.05, 0) is 64.2 Å². The Morgan fingerprint density at radius 2 is 1.50 bits per heavy atom. The van der Waals surface area contributed by atoms with Gasteiger partial charge in [-0.2, -0.15) is 0 Å². The van der Waals surface area contributed by atoms with Gasteiger partial charge in [0, 0.05) is 24.6 Å². The van der Waals surface area contributed by atoms with Gasteiger partial charge in [-0.15, -0.1) is 0 Å². The van der Waals surface area contributed by atoms with E-state index in [1.807, 2.05) is 0 Å². The van der Waals surface area contributed by atoms with E-state index in [-0.39, 0.29) is 41.9 Å². The number of carbonyl (C=O) groups excluding carboxylic acids is 2. The number of ether oxygens (including phenoxy) is 2. The average molecular weight is 421 g/mol. The highest BCUT2D eigenvalue weighted by Gasteiger charge is 2.35. The van der Waals surface area contributed by atoms with E-state index in [4.69, 9.17) is 9.47 Å². The summed E-state index contributed by atoms with van der Waals surface area (Å²) in [4.78, 5) is 25.8. The van der Waals surface area contributed by atoms with Crippen LogP contribution in [-0.2, 0) is 19.1 Å². The van der Waals surface area contributed by atoms with E-state index >= 15 is 0 Å². The van der Waals surface area contributed by atoms with E-state index in [9.17, 15) is 9.59 Å². The fourth-order valence-corrected chi connectivity index (χ4v) is 5.81. The maximum Gasteiger partial charge on any atom is 0.225 e. The molecule has 6 heteroatoms. The van der Waals surface area contributed by atoms with E-state index < -0.39 is 0 Å². The van der Waals surface area contributed by atoms with Crippen molar-refractivity contribution >= 4 is 11.8 Å². The van der Waals surface area contributed by atoms with Crippen LogP contribution in [0.15, 0.2) is 0 Å². The van der Waals surface area contributed by atoms with Gasteiger partial charge in [0.15, 0.2) is 0 Å². The topological polar surface area (TPSA) is 76.7 Å². The van der Waals surface area contributed by atoms with Crippen LogP contribution in [0.25, 0.3) is 0 Å². The van der Waals surface area contributed by atoms with Crippen molar-refractivity contribution in [1.82, 2.24) is 10.6 Å². The van der Waals surface area contributed by atoms with Crippen LogP contribution in [0.1, 0.15) is 89.9 Å². The summed E-state index contributed by atoms with van der Waals surface area (Å²) in [6.45, 7) is 1.56. The highest BCUT2D eigenvalue weighted by Crippen LogP contribution is 2.30. The maximum absolute atomic E-state index is 12.9. The molecule has 0 aromatic rings. The quantitative estimate of drug-likeness (QED) is 0.661. The minimum atomic E-state index is -0.0608. The Balaban J connectivity index is 1.20. The van der Waals surface area contributed by atoms with Crippen molar-refractivity contribution < 1.29 is 19.1 Å². The van der Waals surface area contributed by atoms with Gasteiger partial charge in [-0.1, -0.05) is 25.7 Å². The first-order chi connectivity index (χ1) is 14.7. The molecule has 2 N–H and O–H groups in total. The van der Waals surface area contributed by atoms with Gasteiger partial charge in [0.05, 0.1) is 24.7 Å². The van der Waals surface area contributed by atoms with E-state index in [1.165, 1.54) is 12.8 Å². The van der Waals surface area contributed by atoms with Crippen molar-refractivity contribution in [3.63, 3.8) is 0 Å². The summed E-state index contributed by atoms with van der Waals surface area (Å²) in [5, 5.41) is 6.53. The lowest BCUT2D eigenvalue weighted by Crippen LogP contribution is -2.51. The molecule has 1 saturated heterocycles. The lowest BCUT2D eigenvalue weighted by atomic mass is 9.82. The van der Waals surface area contributed by atoms with Gasteiger partial charge in [-0.3, -0.25) is 9.59 Å². The molecular weight excluding hydrogens is 380 g/mol. The maximum atomic E-state index is 12.9. The molecule has 3 aliphatic carbocycles. The molecule has 6 nitrogen and oxygen atoms in total.